The van der Waals surface area contributed by atoms with Crippen LogP contribution in [0.1, 0.15) is 250 Å². The molecule has 100 heavy (non-hydrogen) atoms. The molecule has 0 bridgehead atoms. The van der Waals surface area contributed by atoms with Gasteiger partial charge in [0, 0.05) is 13.2 Å². The van der Waals surface area contributed by atoms with Crippen molar-refractivity contribution < 1.29 is 56.4 Å². The Morgan fingerprint density at radius 2 is 1.05 bits per heavy atom. The van der Waals surface area contributed by atoms with Crippen molar-refractivity contribution in [3.05, 3.63) is 121 Å². The monoisotopic (exact) mass is 1510 g/mol. The smallest absolute Gasteiger partial charge is 0.402 e. The van der Waals surface area contributed by atoms with Crippen molar-refractivity contribution in [1.82, 2.24) is 14.6 Å². The zero-order chi connectivity index (χ0) is 71.7. The van der Waals surface area contributed by atoms with Gasteiger partial charge in [-0.2, -0.15) is 10.4 Å². The Labute approximate surface area is 622 Å². The maximum atomic E-state index is 14.8. The first-order valence-electron chi connectivity index (χ1n) is 37.3. The number of anilines is 1. The van der Waals surface area contributed by atoms with Gasteiger partial charge in [0.25, 0.3) is 0 Å². The van der Waals surface area contributed by atoms with Crippen molar-refractivity contribution in [1.29, 1.82) is 5.26 Å². The highest BCUT2D eigenvalue weighted by Crippen LogP contribution is 2.54. The molecule has 1 unspecified atom stereocenters. The lowest BCUT2D eigenvalue weighted by atomic mass is 9.92. The van der Waals surface area contributed by atoms with Gasteiger partial charge < -0.3 is 48.5 Å². The minimum atomic E-state index is -4.55. The number of aliphatic hydroxyl groups excluding tert-OH is 1. The maximum absolute atomic E-state index is 14.8. The number of nitrogens with two attached hydrogens (primary N) is 1. The van der Waals surface area contributed by atoms with Crippen LogP contribution in [-0.2, 0) is 65.6 Å². The highest BCUT2D eigenvalue weighted by atomic mass is 35.5. The van der Waals surface area contributed by atoms with E-state index in [0.29, 0.717) is 51.1 Å². The second kappa shape index (κ2) is 48.7. The molecule has 2 saturated heterocycles. The van der Waals surface area contributed by atoms with Crippen LogP contribution in [0.25, 0.3) is 5.52 Å². The molecule has 0 spiro atoms. The summed E-state index contributed by atoms with van der Waals surface area (Å²) in [6, 6.07) is 22.8. The van der Waals surface area contributed by atoms with Gasteiger partial charge in [0.05, 0.1) is 77.1 Å². The van der Waals surface area contributed by atoms with Crippen LogP contribution in [0.2, 0.25) is 25.1 Å². The van der Waals surface area contributed by atoms with Crippen LogP contribution < -0.4 is 10.3 Å². The summed E-state index contributed by atoms with van der Waals surface area (Å²) < 4.78 is 77.4. The van der Waals surface area contributed by atoms with Gasteiger partial charge in [-0.1, -0.05) is 289 Å². The number of fused-ring (bicyclic) bond motifs is 2. The molecule has 2 aliphatic heterocycles. The van der Waals surface area contributed by atoms with Gasteiger partial charge in [0.15, 0.2) is 11.6 Å². The molecule has 0 radical (unpaired) electrons. The third-order valence-corrected chi connectivity index (χ3v) is 21.3. The summed E-state index contributed by atoms with van der Waals surface area (Å²) in [7, 11) is -4.55. The number of halogens is 5. The average Bonchev–Trinajstić information content (AvgIpc) is 1.55. The first-order valence-corrected chi connectivity index (χ1v) is 40.6. The first kappa shape index (κ1) is 85.6. The Hall–Kier alpha value is -3.35. The molecule has 4 heterocycles. The van der Waals surface area contributed by atoms with Crippen LogP contribution >= 0.6 is 65.8 Å². The van der Waals surface area contributed by atoms with E-state index in [9.17, 15) is 14.9 Å². The van der Waals surface area contributed by atoms with Gasteiger partial charge in [-0.15, -0.1) is 0 Å². The van der Waals surface area contributed by atoms with Crippen LogP contribution in [0.5, 0.6) is 5.75 Å². The number of nitriles is 1. The number of benzene rings is 3. The lowest BCUT2D eigenvalue weighted by molar-refractivity contribution is -0.204. The van der Waals surface area contributed by atoms with Gasteiger partial charge in [0.2, 0.25) is 5.60 Å². The molecule has 2 fully saturated rings. The van der Waals surface area contributed by atoms with E-state index in [0.717, 1.165) is 43.4 Å². The maximum Gasteiger partial charge on any atom is 0.530 e. The number of nitrogen functional groups attached to an aromatic ring is 1. The molecule has 560 valence electrons. The lowest BCUT2D eigenvalue weighted by Gasteiger charge is -2.29. The number of unbranched alkanes of at least 4 members (excludes halogenated alkanes) is 30. The molecule has 0 aliphatic carbocycles. The molecule has 5 aromatic rings. The number of phosphoric ester groups is 1. The van der Waals surface area contributed by atoms with Crippen LogP contribution in [0.3, 0.4) is 0 Å². The average molecular weight is 1510 g/mol. The molecule has 17 nitrogen and oxygen atoms in total. The van der Waals surface area contributed by atoms with E-state index < -0.39 is 50.2 Å². The Bertz CT molecular complexity index is 3150. The number of aromatic nitrogens is 3. The summed E-state index contributed by atoms with van der Waals surface area (Å²) in [5, 5.41) is 26.7. The fourth-order valence-electron chi connectivity index (χ4n) is 12.5. The van der Waals surface area contributed by atoms with Gasteiger partial charge in [-0.25, -0.2) is 14.1 Å². The SMILES string of the molecule is CCCCCCCCCCCCCCCCCCOC[C@H](CO)OCc1ccc(Cl)c(Cl)c1.CCCCCCCCCCCCCCCCCCOC[C@H](COP(=O)(OC[C@H]1O[C@@](C#N)(c2ccc3c(N)ncnn23)[C@@H]2OC(C)(C)O[C@@H]21)Oc1ccccc1Cl)OCc1ccc(Cl)c(Cl)c1. The quantitative estimate of drug-likeness (QED) is 0.0274. The van der Waals surface area contributed by atoms with Gasteiger partial charge in [0.1, 0.15) is 54.2 Å². The standard InChI is InChI=1S/C49H67Cl3N5O9P.C28H48Cl2O3/c1-4-5-6-7-8-9-10-11-12-13-14-15-16-17-18-21-28-59-31-37(60-30-36-24-25-38(50)40(52)29-36)32-61-67(58,66-42-23-20-19-22-39(42)51)62-33-43-45-46(65-48(2,3)64-45)49(34-53,63-43)44-27-26-41-47(54)55-35-56-57(41)44;1-2-3-4-5-6-7-8-9-10-11-12-13-14-15-16-17-20-32-24-26(22-31)33-23-25-18-19-27(29)28(30)21-25/h19-20,22-27,29,35,37,43,45-46H,4-18,21,28,30-33H2,1-3H3,(H2,54,55,56);18-19,21,26,31H,2-17,20,22-24H2,1H3/t37-,43-,45-,46-,49+,67?;26-/m10/s1. The normalized spacial score (nSPS) is 18.4. The summed E-state index contributed by atoms with van der Waals surface area (Å²) in [5.41, 5.74) is 6.90. The largest absolute Gasteiger partial charge is 0.530 e. The Morgan fingerprint density at radius 3 is 1.52 bits per heavy atom. The molecule has 7 atom stereocenters. The molecular formula is C77H115Cl5N5O12P. The predicted octanol–water partition coefficient (Wildman–Crippen LogP) is 22.1. The van der Waals surface area contributed by atoms with Crippen molar-refractivity contribution in [3.63, 3.8) is 0 Å². The van der Waals surface area contributed by atoms with E-state index in [1.54, 1.807) is 74.5 Å². The molecule has 0 saturated carbocycles. The van der Waals surface area contributed by atoms with E-state index in [1.165, 1.54) is 191 Å². The van der Waals surface area contributed by atoms with Crippen molar-refractivity contribution in [3.8, 4) is 11.8 Å². The fraction of sp³-hybridized carbons (Fsp3) is 0.675. The number of ether oxygens (including phenoxy) is 7. The summed E-state index contributed by atoms with van der Waals surface area (Å²) >= 11 is 30.9. The highest BCUT2D eigenvalue weighted by molar-refractivity contribution is 7.49. The molecule has 3 N–H and O–H groups in total. The molecule has 2 aromatic heterocycles. The predicted molar refractivity (Wildman–Crippen MR) is 403 cm³/mol. The molecule has 23 heteroatoms. The van der Waals surface area contributed by atoms with Gasteiger partial charge in [-0.3, -0.25) is 9.05 Å². The number of rotatable bonds is 54. The van der Waals surface area contributed by atoms with Crippen molar-refractivity contribution >= 4 is 77.2 Å². The van der Waals surface area contributed by atoms with Crippen LogP contribution in [-0.4, -0.2) is 102 Å². The summed E-state index contributed by atoms with van der Waals surface area (Å²) in [6.07, 6.45) is 39.8. The van der Waals surface area contributed by atoms with Crippen LogP contribution in [0.4, 0.5) is 5.82 Å². The molecule has 7 rings (SSSR count). The van der Waals surface area contributed by atoms with Gasteiger partial charge >= 0.3 is 7.82 Å². The minimum Gasteiger partial charge on any atom is -0.402 e. The number of phosphoric acid groups is 1. The van der Waals surface area contributed by atoms with Crippen molar-refractivity contribution in [2.24, 2.45) is 0 Å². The third-order valence-electron chi connectivity index (χ3n) is 18.2. The number of para-hydroxylation sites is 1. The van der Waals surface area contributed by atoms with Crippen LogP contribution in [0.15, 0.2) is 79.1 Å². The van der Waals surface area contributed by atoms with Crippen LogP contribution in [0, 0.1) is 11.3 Å². The number of aliphatic hydroxyl groups is 1. The summed E-state index contributed by atoms with van der Waals surface area (Å²) in [6.45, 7) is 9.60. The molecule has 2 aliphatic rings. The molecule has 0 amide bonds. The van der Waals surface area contributed by atoms with Gasteiger partial charge in [-0.05, 0) is 86.3 Å². The summed E-state index contributed by atoms with van der Waals surface area (Å²) in [4.78, 5) is 4.07. The fourth-order valence-corrected chi connectivity index (χ4v) is 14.6. The highest BCUT2D eigenvalue weighted by Gasteiger charge is 2.65. The van der Waals surface area contributed by atoms with E-state index in [2.05, 4.69) is 30.0 Å². The number of nitrogens with zero attached hydrogens (tertiary/aromatic N) is 4. The second-order valence-corrected chi connectivity index (χ2v) is 30.7. The minimum absolute atomic E-state index is 0.0553. The first-order chi connectivity index (χ1) is 48.5. The Kier molecular flexibility index (Phi) is 41.7. The van der Waals surface area contributed by atoms with Crippen molar-refractivity contribution in [2.75, 3.05) is 52.0 Å². The molecule has 3 aromatic carbocycles. The van der Waals surface area contributed by atoms with E-state index in [-0.39, 0.29) is 49.1 Å². The third kappa shape index (κ3) is 31.0. The van der Waals surface area contributed by atoms with E-state index in [1.807, 2.05) is 12.1 Å². The second-order valence-electron chi connectivity index (χ2n) is 27.0. The number of hydrogen-bond donors (Lipinski definition) is 2. The zero-order valence-electron chi connectivity index (χ0n) is 60.0. The van der Waals surface area contributed by atoms with E-state index in [4.69, 9.17) is 110 Å². The number of hydrogen-bond acceptors (Lipinski definition) is 16. The summed E-state index contributed by atoms with van der Waals surface area (Å²) in [5.74, 6) is -0.831. The Morgan fingerprint density at radius 1 is 0.580 bits per heavy atom. The van der Waals surface area contributed by atoms with E-state index >= 15 is 0 Å². The Balaban J connectivity index is 0.000000401. The van der Waals surface area contributed by atoms with Crippen molar-refractivity contribution in [2.45, 2.75) is 288 Å². The zero-order valence-corrected chi connectivity index (χ0v) is 64.7. The molecular weight excluding hydrogens is 1400 g/mol. The lowest BCUT2D eigenvalue weighted by Crippen LogP contribution is -2.40. The topological polar surface area (TPSA) is 210 Å².